The number of alkyl halides is 3. The van der Waals surface area contributed by atoms with Gasteiger partial charge in [-0.25, -0.2) is 0 Å². The topological polar surface area (TPSA) is 130 Å². The molecule has 11 heteroatoms. The van der Waals surface area contributed by atoms with Gasteiger partial charge in [-0.05, 0) is 49.8 Å². The van der Waals surface area contributed by atoms with Crippen LogP contribution >= 0.6 is 7.60 Å². The average molecular weight is 467 g/mol. The number of rotatable bonds is 14. The third-order valence-corrected chi connectivity index (χ3v) is 5.72. The number of allylic oxidation sites excluding steroid dienone is 1. The van der Waals surface area contributed by atoms with Gasteiger partial charge >= 0.3 is 13.8 Å². The molecule has 0 heterocycles. The average Bonchev–Trinajstić information content (AvgIpc) is 2.69. The molecular weight excluding hydrogens is 438 g/mol. The third-order valence-electron chi connectivity index (χ3n) is 4.74. The van der Waals surface area contributed by atoms with E-state index >= 15 is 0 Å². The molecule has 0 amide bonds. The molecule has 1 atom stereocenters. The number of ether oxygens (including phenoxy) is 1. The number of nitrogens with two attached hydrogens (primary N) is 1. The Morgan fingerprint density at radius 3 is 2.39 bits per heavy atom. The van der Waals surface area contributed by atoms with Gasteiger partial charge in [0.25, 0.3) is 5.52 Å². The van der Waals surface area contributed by atoms with Crippen molar-refractivity contribution in [2.75, 3.05) is 13.2 Å². The Balaban J connectivity index is 2.85. The summed E-state index contributed by atoms with van der Waals surface area (Å²) in [5.41, 5.74) is 0.817. The zero-order valence-corrected chi connectivity index (χ0v) is 18.0. The molecule has 1 aromatic carbocycles. The van der Waals surface area contributed by atoms with E-state index < -0.39 is 43.4 Å². The van der Waals surface area contributed by atoms with Crippen molar-refractivity contribution in [3.8, 4) is 5.75 Å². The maximum Gasteiger partial charge on any atom is 0.419 e. The van der Waals surface area contributed by atoms with Crippen LogP contribution in [-0.2, 0) is 22.0 Å². The molecule has 0 radical (unpaired) electrons. The quantitative estimate of drug-likeness (QED) is 0.187. The molecule has 0 bridgehead atoms. The predicted octanol–water partition coefficient (Wildman–Crippen LogP) is 3.55. The molecule has 0 saturated heterocycles. The smallest absolute Gasteiger partial charge is 0.419 e. The van der Waals surface area contributed by atoms with E-state index in [4.69, 9.17) is 20.3 Å². The Kier molecular flexibility index (Phi) is 10.4. The summed E-state index contributed by atoms with van der Waals surface area (Å²) in [5.74, 6) is -0.324. The zero-order chi connectivity index (χ0) is 23.7. The van der Waals surface area contributed by atoms with Gasteiger partial charge in [0.2, 0.25) is 0 Å². The fourth-order valence-corrected chi connectivity index (χ4v) is 3.68. The van der Waals surface area contributed by atoms with Crippen LogP contribution < -0.4 is 10.5 Å². The van der Waals surface area contributed by atoms with Gasteiger partial charge in [-0.2, -0.15) is 13.2 Å². The summed E-state index contributed by atoms with van der Waals surface area (Å²) in [6, 6.07) is 3.37. The van der Waals surface area contributed by atoms with Gasteiger partial charge in [0.1, 0.15) is 11.3 Å². The van der Waals surface area contributed by atoms with E-state index in [1.807, 2.05) is 6.08 Å². The lowest BCUT2D eigenvalue weighted by Crippen LogP contribution is -2.51. The number of aliphatic hydroxyl groups excluding tert-OH is 1. The second-order valence-corrected chi connectivity index (χ2v) is 8.83. The molecule has 5 N–H and O–H groups in total. The summed E-state index contributed by atoms with van der Waals surface area (Å²) in [6.45, 7) is 2.69. The Labute approximate surface area is 179 Å². The largest absolute Gasteiger partial charge is 0.493 e. The van der Waals surface area contributed by atoms with Crippen LogP contribution in [0.2, 0.25) is 0 Å². The fourth-order valence-electron chi connectivity index (χ4n) is 2.92. The second-order valence-electron chi connectivity index (χ2n) is 7.33. The number of unbranched alkanes of at least 4 members (excludes halogenated alkanes) is 4. The van der Waals surface area contributed by atoms with Crippen LogP contribution in [0, 0.1) is 0 Å². The Hall–Kier alpha value is -1.71. The van der Waals surface area contributed by atoms with Gasteiger partial charge in [-0.15, -0.1) is 6.58 Å². The molecule has 0 aromatic heterocycles. The molecule has 1 aromatic rings. The van der Waals surface area contributed by atoms with E-state index in [-0.39, 0.29) is 24.3 Å². The summed E-state index contributed by atoms with van der Waals surface area (Å²) >= 11 is 0. The fraction of sp³-hybridized carbons (Fsp3) is 0.550. The van der Waals surface area contributed by atoms with Crippen LogP contribution in [0.1, 0.15) is 49.7 Å². The Bertz CT molecular complexity index is 796. The Morgan fingerprint density at radius 1 is 1.19 bits per heavy atom. The maximum atomic E-state index is 13.5. The van der Waals surface area contributed by atoms with Gasteiger partial charge in [0.15, 0.2) is 0 Å². The van der Waals surface area contributed by atoms with Crippen LogP contribution in [0.15, 0.2) is 30.9 Å². The van der Waals surface area contributed by atoms with Crippen molar-refractivity contribution >= 4 is 13.1 Å². The highest BCUT2D eigenvalue weighted by atomic mass is 31.2. The van der Waals surface area contributed by atoms with Gasteiger partial charge in [0.05, 0.1) is 18.8 Å². The lowest BCUT2D eigenvalue weighted by atomic mass is 9.93. The summed E-state index contributed by atoms with van der Waals surface area (Å²) in [6.07, 6.45) is 0.671. The van der Waals surface area contributed by atoms with Crippen molar-refractivity contribution in [3.63, 3.8) is 0 Å². The number of aryl methyl sites for hydroxylation is 1. The highest BCUT2D eigenvalue weighted by Crippen LogP contribution is 2.41. The number of halogens is 3. The summed E-state index contributed by atoms with van der Waals surface area (Å²) in [4.78, 5) is 29.8. The number of carbonyl (C=O) groups excluding carboxylic acids is 1. The minimum atomic E-state index is -5.21. The van der Waals surface area contributed by atoms with E-state index in [0.717, 1.165) is 37.8 Å². The number of hydrogen-bond donors (Lipinski definition) is 4. The predicted molar refractivity (Wildman–Crippen MR) is 110 cm³/mol. The molecule has 0 aliphatic heterocycles. The first-order valence-electron chi connectivity index (χ1n) is 9.79. The van der Waals surface area contributed by atoms with Crippen molar-refractivity contribution in [2.24, 2.45) is 5.73 Å². The third kappa shape index (κ3) is 8.74. The first kappa shape index (κ1) is 27.3. The second kappa shape index (κ2) is 11.8. The molecule has 0 spiro atoms. The van der Waals surface area contributed by atoms with Crippen LogP contribution in [0.25, 0.3) is 0 Å². The number of carbonyl (C=O) groups is 1. The molecule has 0 aliphatic rings. The highest BCUT2D eigenvalue weighted by molar-refractivity contribution is 7.70. The molecule has 1 unspecified atom stereocenters. The molecule has 0 aliphatic carbocycles. The lowest BCUT2D eigenvalue weighted by molar-refractivity contribution is -0.139. The van der Waals surface area contributed by atoms with E-state index in [2.05, 4.69) is 6.58 Å². The molecule has 31 heavy (non-hydrogen) atoms. The normalized spacial score (nSPS) is 14.2. The van der Waals surface area contributed by atoms with E-state index in [9.17, 15) is 27.6 Å². The summed E-state index contributed by atoms with van der Waals surface area (Å²) in [7, 11) is -5.21. The van der Waals surface area contributed by atoms with Crippen molar-refractivity contribution in [2.45, 2.75) is 56.7 Å². The molecule has 1 rings (SSSR count). The standard InChI is InChI=1S/C20H29F3NO6P/c1-2-3-4-5-6-7-12-30-17-9-8-15(13-16(17)20(21,22)23)10-11-19(24,14-25)18(26)31(27,28)29/h2,8-9,13,25H,1,3-7,10-12,14,24H2,(H2,27,28,29). The first-order chi connectivity index (χ1) is 14.3. The number of hydrogen-bond acceptors (Lipinski definition) is 5. The van der Waals surface area contributed by atoms with Gasteiger partial charge in [-0.1, -0.05) is 25.0 Å². The first-order valence-corrected chi connectivity index (χ1v) is 11.4. The molecule has 0 fully saturated rings. The highest BCUT2D eigenvalue weighted by Gasteiger charge is 2.44. The van der Waals surface area contributed by atoms with Crippen LogP contribution in [0.3, 0.4) is 0 Å². The minimum Gasteiger partial charge on any atom is -0.493 e. The van der Waals surface area contributed by atoms with Crippen molar-refractivity contribution in [1.29, 1.82) is 0 Å². The molecule has 0 saturated carbocycles. The SMILES string of the molecule is C=CCCCCCCOc1ccc(CCC(N)(CO)C(=O)P(=O)(O)O)cc1C(F)(F)F. The van der Waals surface area contributed by atoms with E-state index in [0.29, 0.717) is 6.42 Å². The molecule has 7 nitrogen and oxygen atoms in total. The summed E-state index contributed by atoms with van der Waals surface area (Å²) in [5, 5.41) is 9.32. The van der Waals surface area contributed by atoms with Crippen LogP contribution in [0.5, 0.6) is 5.75 Å². The summed E-state index contributed by atoms with van der Waals surface area (Å²) < 4.78 is 56.8. The number of aliphatic hydroxyl groups is 1. The van der Waals surface area contributed by atoms with Crippen molar-refractivity contribution in [1.82, 2.24) is 0 Å². The van der Waals surface area contributed by atoms with E-state index in [1.165, 1.54) is 6.07 Å². The van der Waals surface area contributed by atoms with Crippen molar-refractivity contribution < 1.29 is 42.2 Å². The van der Waals surface area contributed by atoms with E-state index in [1.54, 1.807) is 0 Å². The monoisotopic (exact) mass is 467 g/mol. The lowest BCUT2D eigenvalue weighted by Gasteiger charge is -2.25. The minimum absolute atomic E-state index is 0.129. The van der Waals surface area contributed by atoms with Gasteiger partial charge in [0, 0.05) is 0 Å². The zero-order valence-electron chi connectivity index (χ0n) is 17.1. The van der Waals surface area contributed by atoms with Gasteiger partial charge in [-0.3, -0.25) is 9.36 Å². The maximum absolute atomic E-state index is 13.5. The van der Waals surface area contributed by atoms with Gasteiger partial charge < -0.3 is 25.4 Å². The van der Waals surface area contributed by atoms with Crippen molar-refractivity contribution in [3.05, 3.63) is 42.0 Å². The Morgan fingerprint density at radius 2 is 1.84 bits per heavy atom. The van der Waals surface area contributed by atoms with Crippen LogP contribution in [0.4, 0.5) is 13.2 Å². The molecular formula is C20H29F3NO6P. The van der Waals surface area contributed by atoms with Crippen LogP contribution in [-0.4, -0.2) is 39.2 Å². The molecule has 176 valence electrons. The number of benzene rings is 1.